The highest BCUT2D eigenvalue weighted by Gasteiger charge is 2.21. The minimum atomic E-state index is -0.614. The van der Waals surface area contributed by atoms with Crippen molar-refractivity contribution in [1.82, 2.24) is 5.32 Å². The van der Waals surface area contributed by atoms with Crippen molar-refractivity contribution in [2.75, 3.05) is 18.5 Å². The summed E-state index contributed by atoms with van der Waals surface area (Å²) >= 11 is 0. The van der Waals surface area contributed by atoms with E-state index in [2.05, 4.69) is 10.6 Å². The number of nitrogens with one attached hydrogen (secondary N) is 2. The van der Waals surface area contributed by atoms with E-state index in [1.54, 1.807) is 30.3 Å². The van der Waals surface area contributed by atoms with Crippen molar-refractivity contribution in [2.45, 2.75) is 31.7 Å². The van der Waals surface area contributed by atoms with Gasteiger partial charge in [0.1, 0.15) is 12.4 Å². The molecule has 0 bridgehead atoms. The highest BCUT2D eigenvalue weighted by molar-refractivity contribution is 6.04. The zero-order valence-corrected chi connectivity index (χ0v) is 17.1. The van der Waals surface area contributed by atoms with Crippen molar-refractivity contribution in [3.8, 4) is 5.75 Å². The van der Waals surface area contributed by atoms with Gasteiger partial charge >= 0.3 is 5.97 Å². The summed E-state index contributed by atoms with van der Waals surface area (Å²) in [6, 6.07) is 14.3. The Labute approximate surface area is 180 Å². The standard InChI is InChI=1S/C24H24N2O5/c27-22(15-31-24(29)17-13-16-7-1-6-12-21(16)30-14-17)26-20-11-5-4-10-19(20)23(28)25-18-8-2-3-9-18/h1,4-7,10-13,18H,2-3,8-9,14-15H2,(H,25,28)(H,26,27). The van der Waals surface area contributed by atoms with Crippen molar-refractivity contribution in [3.63, 3.8) is 0 Å². The molecule has 0 atom stereocenters. The van der Waals surface area contributed by atoms with Gasteiger partial charge in [0, 0.05) is 11.6 Å². The molecule has 0 radical (unpaired) electrons. The van der Waals surface area contributed by atoms with Gasteiger partial charge in [0.15, 0.2) is 6.61 Å². The van der Waals surface area contributed by atoms with Crippen molar-refractivity contribution < 1.29 is 23.9 Å². The molecule has 0 saturated heterocycles. The van der Waals surface area contributed by atoms with E-state index in [0.717, 1.165) is 31.2 Å². The lowest BCUT2D eigenvalue weighted by Gasteiger charge is -2.17. The number of carbonyl (C=O) groups is 3. The summed E-state index contributed by atoms with van der Waals surface area (Å²) in [7, 11) is 0. The summed E-state index contributed by atoms with van der Waals surface area (Å²) in [5.41, 5.74) is 1.89. The molecule has 2 aliphatic rings. The van der Waals surface area contributed by atoms with Gasteiger partial charge in [-0.1, -0.05) is 43.2 Å². The molecular formula is C24H24N2O5. The number of hydrogen-bond acceptors (Lipinski definition) is 5. The molecule has 1 aliphatic carbocycles. The molecule has 4 rings (SSSR count). The van der Waals surface area contributed by atoms with Crippen LogP contribution in [0.5, 0.6) is 5.75 Å². The fourth-order valence-electron chi connectivity index (χ4n) is 3.77. The third-order valence-corrected chi connectivity index (χ3v) is 5.36. The van der Waals surface area contributed by atoms with Gasteiger partial charge < -0.3 is 20.1 Å². The van der Waals surface area contributed by atoms with E-state index < -0.39 is 18.5 Å². The van der Waals surface area contributed by atoms with Crippen LogP contribution < -0.4 is 15.4 Å². The molecule has 2 aromatic carbocycles. The molecule has 1 saturated carbocycles. The maximum absolute atomic E-state index is 12.6. The van der Waals surface area contributed by atoms with Crippen LogP contribution in [0.1, 0.15) is 41.6 Å². The number of benzene rings is 2. The second-order valence-electron chi connectivity index (χ2n) is 7.62. The predicted octanol–water partition coefficient (Wildman–Crippen LogP) is 3.32. The zero-order valence-electron chi connectivity index (χ0n) is 17.1. The fourth-order valence-corrected chi connectivity index (χ4v) is 3.77. The maximum Gasteiger partial charge on any atom is 0.338 e. The number of amides is 2. The van der Waals surface area contributed by atoms with Crippen LogP contribution in [-0.2, 0) is 14.3 Å². The van der Waals surface area contributed by atoms with Gasteiger partial charge in [0.25, 0.3) is 11.8 Å². The number of carbonyl (C=O) groups excluding carboxylic acids is 3. The summed E-state index contributed by atoms with van der Waals surface area (Å²) in [4.78, 5) is 37.3. The molecule has 2 N–H and O–H groups in total. The Balaban J connectivity index is 1.34. The molecule has 31 heavy (non-hydrogen) atoms. The van der Waals surface area contributed by atoms with E-state index in [0.29, 0.717) is 22.6 Å². The van der Waals surface area contributed by atoms with Gasteiger partial charge in [0.2, 0.25) is 0 Å². The first-order valence-corrected chi connectivity index (χ1v) is 10.4. The molecule has 2 amide bonds. The van der Waals surface area contributed by atoms with Crippen LogP contribution >= 0.6 is 0 Å². The van der Waals surface area contributed by atoms with Crippen LogP contribution in [0.4, 0.5) is 5.69 Å². The number of ether oxygens (including phenoxy) is 2. The molecule has 1 aliphatic heterocycles. The van der Waals surface area contributed by atoms with Gasteiger partial charge in [-0.2, -0.15) is 0 Å². The Morgan fingerprint density at radius 3 is 2.58 bits per heavy atom. The summed E-state index contributed by atoms with van der Waals surface area (Å²) < 4.78 is 10.7. The molecule has 1 heterocycles. The lowest BCUT2D eigenvalue weighted by molar-refractivity contribution is -0.143. The first-order valence-electron chi connectivity index (χ1n) is 10.4. The molecule has 160 valence electrons. The molecule has 2 aromatic rings. The average Bonchev–Trinajstić information content (AvgIpc) is 3.30. The molecule has 1 fully saturated rings. The van der Waals surface area contributed by atoms with Gasteiger partial charge in [-0.25, -0.2) is 4.79 Å². The predicted molar refractivity (Wildman–Crippen MR) is 116 cm³/mol. The lowest BCUT2D eigenvalue weighted by atomic mass is 10.1. The third-order valence-electron chi connectivity index (χ3n) is 5.36. The normalized spacial score (nSPS) is 15.3. The van der Waals surface area contributed by atoms with Crippen LogP contribution in [0.15, 0.2) is 54.1 Å². The molecular weight excluding hydrogens is 396 g/mol. The Morgan fingerprint density at radius 2 is 1.74 bits per heavy atom. The van der Waals surface area contributed by atoms with Gasteiger partial charge in [-0.15, -0.1) is 0 Å². The molecule has 0 aromatic heterocycles. The second kappa shape index (κ2) is 9.47. The Morgan fingerprint density at radius 1 is 1.00 bits per heavy atom. The van der Waals surface area contributed by atoms with Crippen LogP contribution in [-0.4, -0.2) is 37.0 Å². The third kappa shape index (κ3) is 5.12. The second-order valence-corrected chi connectivity index (χ2v) is 7.62. The largest absolute Gasteiger partial charge is 0.488 e. The maximum atomic E-state index is 12.6. The SMILES string of the molecule is O=C(COC(=O)C1=Cc2ccccc2OC1)Nc1ccccc1C(=O)NC1CCCC1. The highest BCUT2D eigenvalue weighted by atomic mass is 16.5. The summed E-state index contributed by atoms with van der Waals surface area (Å²) in [6.45, 7) is -0.377. The zero-order chi connectivity index (χ0) is 21.6. The van der Waals surface area contributed by atoms with E-state index in [1.807, 2.05) is 24.3 Å². The van der Waals surface area contributed by atoms with Crippen LogP contribution in [0, 0.1) is 0 Å². The average molecular weight is 420 g/mol. The highest BCUT2D eigenvalue weighted by Crippen LogP contribution is 2.26. The summed E-state index contributed by atoms with van der Waals surface area (Å²) in [5, 5.41) is 5.68. The van der Waals surface area contributed by atoms with Gasteiger partial charge in [-0.05, 0) is 37.1 Å². The summed E-state index contributed by atoms with van der Waals surface area (Å²) in [6.07, 6.45) is 5.87. The minimum absolute atomic E-state index is 0.0850. The first kappa shape index (κ1) is 20.7. The van der Waals surface area contributed by atoms with Crippen LogP contribution in [0.2, 0.25) is 0 Å². The van der Waals surface area contributed by atoms with Crippen molar-refractivity contribution in [1.29, 1.82) is 0 Å². The molecule has 0 unspecified atom stereocenters. The van der Waals surface area contributed by atoms with Crippen molar-refractivity contribution in [3.05, 3.63) is 65.2 Å². The van der Waals surface area contributed by atoms with Crippen molar-refractivity contribution >= 4 is 29.5 Å². The van der Waals surface area contributed by atoms with E-state index in [9.17, 15) is 14.4 Å². The monoisotopic (exact) mass is 420 g/mol. The molecule has 0 spiro atoms. The number of anilines is 1. The number of rotatable bonds is 6. The fraction of sp³-hybridized carbons (Fsp3) is 0.292. The topological polar surface area (TPSA) is 93.7 Å². The number of fused-ring (bicyclic) bond motifs is 1. The Bertz CT molecular complexity index is 1020. The van der Waals surface area contributed by atoms with E-state index in [4.69, 9.17) is 9.47 Å². The van der Waals surface area contributed by atoms with E-state index in [-0.39, 0.29) is 18.6 Å². The van der Waals surface area contributed by atoms with Crippen LogP contribution in [0.3, 0.4) is 0 Å². The van der Waals surface area contributed by atoms with E-state index >= 15 is 0 Å². The Hall–Kier alpha value is -3.61. The minimum Gasteiger partial charge on any atom is -0.488 e. The Kier molecular flexibility index (Phi) is 6.31. The summed E-state index contributed by atoms with van der Waals surface area (Å²) in [5.74, 6) is -0.656. The first-order chi connectivity index (χ1) is 15.1. The number of hydrogen-bond donors (Lipinski definition) is 2. The van der Waals surface area contributed by atoms with Crippen LogP contribution in [0.25, 0.3) is 6.08 Å². The van der Waals surface area contributed by atoms with Crippen molar-refractivity contribution in [2.24, 2.45) is 0 Å². The smallest absolute Gasteiger partial charge is 0.338 e. The number of esters is 1. The number of para-hydroxylation sites is 2. The molecule has 7 heteroatoms. The quantitative estimate of drug-likeness (QED) is 0.700. The van der Waals surface area contributed by atoms with Gasteiger partial charge in [0.05, 0.1) is 16.8 Å². The van der Waals surface area contributed by atoms with Gasteiger partial charge in [-0.3, -0.25) is 9.59 Å². The molecule has 7 nitrogen and oxygen atoms in total. The lowest BCUT2D eigenvalue weighted by Crippen LogP contribution is -2.33. The van der Waals surface area contributed by atoms with E-state index in [1.165, 1.54) is 0 Å².